The Morgan fingerprint density at radius 2 is 2.19 bits per heavy atom. The SMILES string of the molecule is CCc1csc(NCc2nc(C)c(C)[nH]2)n1. The number of hydrogen-bond donors (Lipinski definition) is 2. The molecule has 5 heteroatoms. The van der Waals surface area contributed by atoms with E-state index < -0.39 is 0 Å². The molecule has 0 saturated heterocycles. The highest BCUT2D eigenvalue weighted by Gasteiger charge is 2.03. The van der Waals surface area contributed by atoms with Crippen molar-refractivity contribution in [2.75, 3.05) is 5.32 Å². The Kier molecular flexibility index (Phi) is 3.24. The van der Waals surface area contributed by atoms with E-state index in [1.54, 1.807) is 11.3 Å². The van der Waals surface area contributed by atoms with Crippen LogP contribution in [-0.2, 0) is 13.0 Å². The van der Waals surface area contributed by atoms with E-state index in [9.17, 15) is 0 Å². The number of thiazole rings is 1. The lowest BCUT2D eigenvalue weighted by Crippen LogP contribution is -2.01. The van der Waals surface area contributed by atoms with Crippen LogP contribution in [0.2, 0.25) is 0 Å². The monoisotopic (exact) mass is 236 g/mol. The van der Waals surface area contributed by atoms with Gasteiger partial charge in [-0.3, -0.25) is 0 Å². The van der Waals surface area contributed by atoms with Crippen LogP contribution in [0, 0.1) is 13.8 Å². The van der Waals surface area contributed by atoms with Crippen LogP contribution in [-0.4, -0.2) is 15.0 Å². The van der Waals surface area contributed by atoms with Crippen LogP contribution in [0.4, 0.5) is 5.13 Å². The Morgan fingerprint density at radius 1 is 1.38 bits per heavy atom. The standard InChI is InChI=1S/C11H16N4S/c1-4-9-6-16-11(15-9)12-5-10-13-7(2)8(3)14-10/h6H,4-5H2,1-3H3,(H,12,15)(H,13,14). The van der Waals surface area contributed by atoms with Crippen molar-refractivity contribution in [3.05, 3.63) is 28.3 Å². The van der Waals surface area contributed by atoms with Gasteiger partial charge in [0.15, 0.2) is 5.13 Å². The third-order valence-electron chi connectivity index (χ3n) is 2.50. The fourth-order valence-electron chi connectivity index (χ4n) is 1.41. The third kappa shape index (κ3) is 2.41. The fraction of sp³-hybridized carbons (Fsp3) is 0.455. The predicted molar refractivity (Wildman–Crippen MR) is 66.9 cm³/mol. The molecule has 2 N–H and O–H groups in total. The summed E-state index contributed by atoms with van der Waals surface area (Å²) in [5.74, 6) is 0.961. The molecule has 0 bridgehead atoms. The van der Waals surface area contributed by atoms with Gasteiger partial charge in [0, 0.05) is 11.1 Å². The quantitative estimate of drug-likeness (QED) is 0.858. The van der Waals surface area contributed by atoms with Crippen molar-refractivity contribution in [2.45, 2.75) is 33.7 Å². The van der Waals surface area contributed by atoms with Crippen LogP contribution < -0.4 is 5.32 Å². The molecule has 0 fully saturated rings. The van der Waals surface area contributed by atoms with Crippen molar-refractivity contribution in [3.8, 4) is 0 Å². The highest BCUT2D eigenvalue weighted by molar-refractivity contribution is 7.13. The highest BCUT2D eigenvalue weighted by atomic mass is 32.1. The van der Waals surface area contributed by atoms with Crippen molar-refractivity contribution in [1.29, 1.82) is 0 Å². The van der Waals surface area contributed by atoms with Gasteiger partial charge in [-0.1, -0.05) is 6.92 Å². The van der Waals surface area contributed by atoms with E-state index in [0.717, 1.165) is 34.5 Å². The van der Waals surface area contributed by atoms with E-state index in [1.807, 2.05) is 13.8 Å². The molecule has 0 atom stereocenters. The zero-order valence-corrected chi connectivity index (χ0v) is 10.6. The number of nitrogens with zero attached hydrogens (tertiary/aromatic N) is 2. The number of rotatable bonds is 4. The first-order valence-corrected chi connectivity index (χ1v) is 6.27. The smallest absolute Gasteiger partial charge is 0.183 e. The Bertz CT molecular complexity index is 453. The molecule has 86 valence electrons. The van der Waals surface area contributed by atoms with E-state index >= 15 is 0 Å². The molecule has 0 aliphatic heterocycles. The van der Waals surface area contributed by atoms with E-state index in [-0.39, 0.29) is 0 Å². The molecule has 0 aliphatic rings. The van der Waals surface area contributed by atoms with Gasteiger partial charge in [-0.15, -0.1) is 11.3 Å². The third-order valence-corrected chi connectivity index (χ3v) is 3.35. The zero-order valence-electron chi connectivity index (χ0n) is 9.79. The van der Waals surface area contributed by atoms with Gasteiger partial charge in [0.05, 0.1) is 17.9 Å². The summed E-state index contributed by atoms with van der Waals surface area (Å²) in [5.41, 5.74) is 3.33. The molecule has 0 aliphatic carbocycles. The molecule has 0 saturated carbocycles. The van der Waals surface area contributed by atoms with E-state index in [1.165, 1.54) is 0 Å². The molecule has 2 rings (SSSR count). The first kappa shape index (κ1) is 11.1. The molecule has 2 aromatic rings. The maximum Gasteiger partial charge on any atom is 0.183 e. The number of anilines is 1. The molecular formula is C11H16N4S. The van der Waals surface area contributed by atoms with Gasteiger partial charge in [0.2, 0.25) is 0 Å². The molecule has 2 aromatic heterocycles. The molecule has 0 unspecified atom stereocenters. The number of imidazole rings is 1. The number of aromatic nitrogens is 3. The lowest BCUT2D eigenvalue weighted by atomic mass is 10.4. The molecule has 4 nitrogen and oxygen atoms in total. The van der Waals surface area contributed by atoms with Crippen LogP contribution >= 0.6 is 11.3 Å². The van der Waals surface area contributed by atoms with Crippen molar-refractivity contribution >= 4 is 16.5 Å². The van der Waals surface area contributed by atoms with Gasteiger partial charge in [0.25, 0.3) is 0 Å². The second-order valence-electron chi connectivity index (χ2n) is 3.75. The summed E-state index contributed by atoms with van der Waals surface area (Å²) in [5, 5.41) is 6.32. The summed E-state index contributed by atoms with van der Waals surface area (Å²) in [4.78, 5) is 12.1. The van der Waals surface area contributed by atoms with E-state index in [2.05, 4.69) is 32.6 Å². The Hall–Kier alpha value is -1.36. The van der Waals surface area contributed by atoms with E-state index in [4.69, 9.17) is 0 Å². The largest absolute Gasteiger partial charge is 0.354 e. The fourth-order valence-corrected chi connectivity index (χ4v) is 2.21. The molecule has 0 radical (unpaired) electrons. The van der Waals surface area contributed by atoms with Gasteiger partial charge in [-0.2, -0.15) is 0 Å². The summed E-state index contributed by atoms with van der Waals surface area (Å²) in [6.45, 7) is 6.85. The zero-order chi connectivity index (χ0) is 11.5. The Labute approximate surface area is 99.2 Å². The minimum absolute atomic E-state index is 0.700. The minimum Gasteiger partial charge on any atom is -0.354 e. The maximum absolute atomic E-state index is 4.44. The van der Waals surface area contributed by atoms with Crippen molar-refractivity contribution in [3.63, 3.8) is 0 Å². The van der Waals surface area contributed by atoms with Crippen LogP contribution in [0.5, 0.6) is 0 Å². The summed E-state index contributed by atoms with van der Waals surface area (Å²) in [6, 6.07) is 0. The number of H-pyrrole nitrogens is 1. The number of hydrogen-bond acceptors (Lipinski definition) is 4. The molecular weight excluding hydrogens is 220 g/mol. The predicted octanol–water partition coefficient (Wildman–Crippen LogP) is 2.66. The number of aryl methyl sites for hydroxylation is 3. The average Bonchev–Trinajstić information content (AvgIpc) is 2.84. The summed E-state index contributed by atoms with van der Waals surface area (Å²) < 4.78 is 0. The molecule has 2 heterocycles. The second-order valence-corrected chi connectivity index (χ2v) is 4.60. The second kappa shape index (κ2) is 4.65. The van der Waals surface area contributed by atoms with Gasteiger partial charge in [-0.05, 0) is 20.3 Å². The van der Waals surface area contributed by atoms with Gasteiger partial charge >= 0.3 is 0 Å². The maximum atomic E-state index is 4.44. The van der Waals surface area contributed by atoms with Crippen molar-refractivity contribution in [1.82, 2.24) is 15.0 Å². The summed E-state index contributed by atoms with van der Waals surface area (Å²) in [7, 11) is 0. The Balaban J connectivity index is 1.96. The molecule has 16 heavy (non-hydrogen) atoms. The first-order chi connectivity index (χ1) is 7.69. The molecule has 0 aromatic carbocycles. The van der Waals surface area contributed by atoms with Crippen LogP contribution in [0.1, 0.15) is 29.8 Å². The van der Waals surface area contributed by atoms with Gasteiger partial charge in [-0.25, -0.2) is 9.97 Å². The number of aromatic amines is 1. The van der Waals surface area contributed by atoms with Gasteiger partial charge in [0.1, 0.15) is 5.82 Å². The van der Waals surface area contributed by atoms with Crippen LogP contribution in [0.3, 0.4) is 0 Å². The Morgan fingerprint density at radius 3 is 2.75 bits per heavy atom. The topological polar surface area (TPSA) is 53.6 Å². The van der Waals surface area contributed by atoms with Gasteiger partial charge < -0.3 is 10.3 Å². The summed E-state index contributed by atoms with van der Waals surface area (Å²) >= 11 is 1.64. The van der Waals surface area contributed by atoms with Crippen LogP contribution in [0.25, 0.3) is 0 Å². The lowest BCUT2D eigenvalue weighted by molar-refractivity contribution is 0.976. The first-order valence-electron chi connectivity index (χ1n) is 5.39. The minimum atomic E-state index is 0.700. The normalized spacial score (nSPS) is 10.7. The summed E-state index contributed by atoms with van der Waals surface area (Å²) in [6.07, 6.45) is 0.983. The highest BCUT2D eigenvalue weighted by Crippen LogP contribution is 2.16. The number of nitrogens with one attached hydrogen (secondary N) is 2. The van der Waals surface area contributed by atoms with Crippen LogP contribution in [0.15, 0.2) is 5.38 Å². The molecule has 0 amide bonds. The van der Waals surface area contributed by atoms with Crippen molar-refractivity contribution in [2.24, 2.45) is 0 Å². The lowest BCUT2D eigenvalue weighted by Gasteiger charge is -1.98. The average molecular weight is 236 g/mol. The van der Waals surface area contributed by atoms with E-state index in [0.29, 0.717) is 6.54 Å². The molecule has 0 spiro atoms. The van der Waals surface area contributed by atoms with Crippen molar-refractivity contribution < 1.29 is 0 Å².